The Morgan fingerprint density at radius 1 is 0.939 bits per heavy atom. The molecule has 174 valence electrons. The lowest BCUT2D eigenvalue weighted by Crippen LogP contribution is -2.54. The van der Waals surface area contributed by atoms with Crippen LogP contribution in [-0.4, -0.2) is 24.5 Å². The van der Waals surface area contributed by atoms with Gasteiger partial charge in [0, 0.05) is 0 Å². The SMILES string of the molecule is CCCCCCCCOc1c(Br)cc(/C=C2/C(=O)NC(=O)N(c3ccccc3)C2=O)cc1Br. The molecule has 0 saturated carbocycles. The lowest BCUT2D eigenvalue weighted by molar-refractivity contribution is -0.122. The topological polar surface area (TPSA) is 75.7 Å². The van der Waals surface area contributed by atoms with Gasteiger partial charge in [0.1, 0.15) is 11.3 Å². The second kappa shape index (κ2) is 12.1. The van der Waals surface area contributed by atoms with Crippen LogP contribution in [0.2, 0.25) is 0 Å². The second-order valence-corrected chi connectivity index (χ2v) is 9.43. The first kappa shape index (κ1) is 25.2. The number of urea groups is 1. The van der Waals surface area contributed by atoms with Crippen molar-refractivity contribution in [1.29, 1.82) is 0 Å². The van der Waals surface area contributed by atoms with Crippen molar-refractivity contribution in [3.05, 3.63) is 62.5 Å². The van der Waals surface area contributed by atoms with E-state index in [0.29, 0.717) is 32.6 Å². The molecule has 0 atom stereocenters. The minimum absolute atomic E-state index is 0.127. The first-order valence-electron chi connectivity index (χ1n) is 11.0. The zero-order valence-electron chi connectivity index (χ0n) is 18.4. The molecule has 0 spiro atoms. The molecule has 0 radical (unpaired) electrons. The Bertz CT molecular complexity index is 1030. The molecule has 1 aliphatic heterocycles. The van der Waals surface area contributed by atoms with Crippen LogP contribution in [0.4, 0.5) is 10.5 Å². The molecule has 1 aliphatic rings. The van der Waals surface area contributed by atoms with Crippen LogP contribution in [0.25, 0.3) is 6.08 Å². The predicted octanol–water partition coefficient (Wildman–Crippen LogP) is 6.62. The van der Waals surface area contributed by atoms with Gasteiger partial charge in [-0.05, 0) is 74.2 Å². The van der Waals surface area contributed by atoms with Crippen LogP contribution in [0.1, 0.15) is 51.0 Å². The number of rotatable bonds is 10. The van der Waals surface area contributed by atoms with E-state index < -0.39 is 17.8 Å². The van der Waals surface area contributed by atoms with Gasteiger partial charge in [-0.2, -0.15) is 0 Å². The van der Waals surface area contributed by atoms with Crippen molar-refractivity contribution in [1.82, 2.24) is 5.32 Å². The highest BCUT2D eigenvalue weighted by Crippen LogP contribution is 2.36. The molecule has 8 heteroatoms. The second-order valence-electron chi connectivity index (χ2n) is 7.72. The van der Waals surface area contributed by atoms with Gasteiger partial charge in [-0.25, -0.2) is 9.69 Å². The van der Waals surface area contributed by atoms with E-state index in [2.05, 4.69) is 44.1 Å². The van der Waals surface area contributed by atoms with Gasteiger partial charge in [0.25, 0.3) is 11.8 Å². The summed E-state index contributed by atoms with van der Waals surface area (Å²) >= 11 is 7.04. The van der Waals surface area contributed by atoms with Crippen LogP contribution >= 0.6 is 31.9 Å². The molecular formula is C25H26Br2N2O4. The van der Waals surface area contributed by atoms with Crippen molar-refractivity contribution >= 4 is 61.5 Å². The van der Waals surface area contributed by atoms with Crippen LogP contribution < -0.4 is 15.0 Å². The Labute approximate surface area is 210 Å². The number of unbranched alkanes of at least 4 members (excludes halogenated alkanes) is 5. The molecule has 1 N–H and O–H groups in total. The third-order valence-corrected chi connectivity index (χ3v) is 6.37. The zero-order valence-corrected chi connectivity index (χ0v) is 21.6. The highest BCUT2D eigenvalue weighted by Gasteiger charge is 2.36. The third-order valence-electron chi connectivity index (χ3n) is 5.19. The van der Waals surface area contributed by atoms with Crippen LogP contribution in [0.5, 0.6) is 5.75 Å². The number of hydrogen-bond acceptors (Lipinski definition) is 4. The Morgan fingerprint density at radius 2 is 1.58 bits per heavy atom. The fraction of sp³-hybridized carbons (Fsp3) is 0.320. The number of carbonyl (C=O) groups excluding carboxylic acids is 3. The zero-order chi connectivity index (χ0) is 23.8. The first-order chi connectivity index (χ1) is 15.9. The number of ether oxygens (including phenoxy) is 1. The molecule has 2 aromatic rings. The standard InChI is InChI=1S/C25H26Br2N2O4/c1-2-3-4-5-6-10-13-33-22-20(26)15-17(16-21(22)27)14-19-23(30)28-25(32)29(24(19)31)18-11-8-7-9-12-18/h7-9,11-12,14-16H,2-6,10,13H2,1H3,(H,28,30,32)/b19-14-. The average molecular weight is 578 g/mol. The third kappa shape index (κ3) is 6.54. The smallest absolute Gasteiger partial charge is 0.335 e. The molecule has 1 fully saturated rings. The summed E-state index contributed by atoms with van der Waals surface area (Å²) in [6, 6.07) is 11.3. The molecule has 6 nitrogen and oxygen atoms in total. The molecule has 0 bridgehead atoms. The highest BCUT2D eigenvalue weighted by atomic mass is 79.9. The Morgan fingerprint density at radius 3 is 2.24 bits per heavy atom. The quantitative estimate of drug-likeness (QED) is 0.196. The number of nitrogens with zero attached hydrogens (tertiary/aromatic N) is 1. The van der Waals surface area contributed by atoms with Gasteiger partial charge in [0.05, 0.1) is 21.2 Å². The molecular weight excluding hydrogens is 552 g/mol. The number of nitrogens with one attached hydrogen (secondary N) is 1. The van der Waals surface area contributed by atoms with Crippen LogP contribution in [0.3, 0.4) is 0 Å². The number of carbonyl (C=O) groups is 3. The van der Waals surface area contributed by atoms with Crippen molar-refractivity contribution in [2.45, 2.75) is 45.4 Å². The molecule has 2 aromatic carbocycles. The van der Waals surface area contributed by atoms with Gasteiger partial charge in [-0.15, -0.1) is 0 Å². The van der Waals surface area contributed by atoms with E-state index in [-0.39, 0.29) is 5.57 Å². The maximum atomic E-state index is 13.0. The largest absolute Gasteiger partial charge is 0.491 e. The Hall–Kier alpha value is -2.45. The van der Waals surface area contributed by atoms with E-state index in [1.54, 1.807) is 42.5 Å². The number of para-hydroxylation sites is 1. The lowest BCUT2D eigenvalue weighted by Gasteiger charge is -2.26. The number of hydrogen-bond donors (Lipinski definition) is 1. The maximum absolute atomic E-state index is 13.0. The van der Waals surface area contributed by atoms with Gasteiger partial charge in [0.2, 0.25) is 0 Å². The average Bonchev–Trinajstić information content (AvgIpc) is 2.78. The number of halogens is 2. The van der Waals surface area contributed by atoms with Crippen molar-refractivity contribution in [2.75, 3.05) is 11.5 Å². The van der Waals surface area contributed by atoms with Crippen molar-refractivity contribution in [3.8, 4) is 5.75 Å². The molecule has 0 aliphatic carbocycles. The number of amides is 4. The minimum atomic E-state index is -0.769. The molecule has 1 heterocycles. The van der Waals surface area contributed by atoms with Gasteiger partial charge in [0.15, 0.2) is 0 Å². The number of anilines is 1. The Kier molecular flexibility index (Phi) is 9.26. The van der Waals surface area contributed by atoms with Gasteiger partial charge < -0.3 is 4.74 Å². The van der Waals surface area contributed by atoms with E-state index in [1.807, 2.05) is 0 Å². The van der Waals surface area contributed by atoms with E-state index in [4.69, 9.17) is 4.74 Å². The normalized spacial score (nSPS) is 15.2. The van der Waals surface area contributed by atoms with Crippen LogP contribution in [0, 0.1) is 0 Å². The fourth-order valence-electron chi connectivity index (χ4n) is 3.49. The summed E-state index contributed by atoms with van der Waals surface area (Å²) in [6.45, 7) is 2.81. The van der Waals surface area contributed by atoms with Crippen LogP contribution in [-0.2, 0) is 9.59 Å². The summed E-state index contributed by atoms with van der Waals surface area (Å²) < 4.78 is 7.34. The molecule has 33 heavy (non-hydrogen) atoms. The van der Waals surface area contributed by atoms with Gasteiger partial charge in [-0.1, -0.05) is 57.2 Å². The number of imide groups is 2. The van der Waals surface area contributed by atoms with E-state index in [0.717, 1.165) is 17.7 Å². The molecule has 1 saturated heterocycles. The predicted molar refractivity (Wildman–Crippen MR) is 136 cm³/mol. The van der Waals surface area contributed by atoms with Crippen molar-refractivity contribution < 1.29 is 19.1 Å². The van der Waals surface area contributed by atoms with Gasteiger partial charge >= 0.3 is 6.03 Å². The number of benzene rings is 2. The van der Waals surface area contributed by atoms with Crippen LogP contribution in [0.15, 0.2) is 57.0 Å². The van der Waals surface area contributed by atoms with E-state index in [9.17, 15) is 14.4 Å². The summed E-state index contributed by atoms with van der Waals surface area (Å²) in [7, 11) is 0. The monoisotopic (exact) mass is 576 g/mol. The highest BCUT2D eigenvalue weighted by molar-refractivity contribution is 9.11. The van der Waals surface area contributed by atoms with Crippen molar-refractivity contribution in [3.63, 3.8) is 0 Å². The van der Waals surface area contributed by atoms with E-state index in [1.165, 1.54) is 31.8 Å². The summed E-state index contributed by atoms with van der Waals surface area (Å²) in [4.78, 5) is 38.6. The lowest BCUT2D eigenvalue weighted by atomic mass is 10.1. The molecule has 4 amide bonds. The summed E-state index contributed by atoms with van der Waals surface area (Å²) in [5.41, 5.74) is 0.874. The Balaban J connectivity index is 1.73. The fourth-order valence-corrected chi connectivity index (χ4v) is 4.94. The molecule has 3 rings (SSSR count). The molecule has 0 unspecified atom stereocenters. The number of barbiturate groups is 1. The summed E-state index contributed by atoms with van der Waals surface area (Å²) in [6.07, 6.45) is 8.55. The molecule has 0 aromatic heterocycles. The maximum Gasteiger partial charge on any atom is 0.335 e. The summed E-state index contributed by atoms with van der Waals surface area (Å²) in [5.74, 6) is -0.732. The van der Waals surface area contributed by atoms with E-state index >= 15 is 0 Å². The van der Waals surface area contributed by atoms with Gasteiger partial charge in [-0.3, -0.25) is 14.9 Å². The van der Waals surface area contributed by atoms with Crippen molar-refractivity contribution in [2.24, 2.45) is 0 Å². The summed E-state index contributed by atoms with van der Waals surface area (Å²) in [5, 5.41) is 2.23. The first-order valence-corrected chi connectivity index (χ1v) is 12.6. The minimum Gasteiger partial charge on any atom is -0.491 e.